The van der Waals surface area contributed by atoms with Gasteiger partial charge in [-0.1, -0.05) is 18.0 Å². The second-order valence-corrected chi connectivity index (χ2v) is 6.80. The molecule has 1 unspecified atom stereocenters. The van der Waals surface area contributed by atoms with Crippen molar-refractivity contribution in [1.29, 1.82) is 0 Å². The number of benzene rings is 1. The molecule has 4 heteroatoms. The quantitative estimate of drug-likeness (QED) is 0.783. The highest BCUT2D eigenvalue weighted by Gasteiger charge is 2.20. The van der Waals surface area contributed by atoms with Crippen molar-refractivity contribution in [3.05, 3.63) is 56.0 Å². The zero-order valence-electron chi connectivity index (χ0n) is 11.0. The minimum atomic E-state index is -0.838. The fraction of sp³-hybridized carbons (Fsp3) is 0.375. The summed E-state index contributed by atoms with van der Waals surface area (Å²) in [6.45, 7) is 0. The molecule has 1 heterocycles. The van der Waals surface area contributed by atoms with E-state index in [4.69, 9.17) is 11.6 Å². The summed E-state index contributed by atoms with van der Waals surface area (Å²) in [5, 5.41) is 10.9. The van der Waals surface area contributed by atoms with Gasteiger partial charge < -0.3 is 5.11 Å². The number of fused-ring (bicyclic) bond motifs is 1. The van der Waals surface area contributed by atoms with Crippen molar-refractivity contribution < 1.29 is 9.50 Å². The molecule has 0 fully saturated rings. The van der Waals surface area contributed by atoms with Crippen LogP contribution in [0.25, 0.3) is 0 Å². The maximum absolute atomic E-state index is 13.3. The van der Waals surface area contributed by atoms with Gasteiger partial charge in [-0.15, -0.1) is 11.3 Å². The molecule has 0 bridgehead atoms. The average Bonchev–Trinajstić information content (AvgIpc) is 2.72. The standard InChI is InChI=1S/C16H16ClFOS/c17-13-7-6-11(18)9-12(13)16(19)15-8-10-4-2-1-3-5-14(10)20-15/h6-9,16,19H,1-5H2. The first-order valence-corrected chi connectivity index (χ1v) is 8.09. The predicted octanol–water partition coefficient (Wildman–Crippen LogP) is 4.89. The summed E-state index contributed by atoms with van der Waals surface area (Å²) in [5.41, 5.74) is 1.79. The second-order valence-electron chi connectivity index (χ2n) is 5.23. The zero-order chi connectivity index (χ0) is 14.1. The van der Waals surface area contributed by atoms with Crippen molar-refractivity contribution in [2.45, 2.75) is 38.2 Å². The van der Waals surface area contributed by atoms with E-state index in [0.717, 1.165) is 17.7 Å². The van der Waals surface area contributed by atoms with E-state index in [9.17, 15) is 9.50 Å². The topological polar surface area (TPSA) is 20.2 Å². The summed E-state index contributed by atoms with van der Waals surface area (Å²) < 4.78 is 13.3. The fourth-order valence-electron chi connectivity index (χ4n) is 2.70. The van der Waals surface area contributed by atoms with Gasteiger partial charge in [0.05, 0.1) is 0 Å². The molecule has 106 valence electrons. The summed E-state index contributed by atoms with van der Waals surface area (Å²) in [7, 11) is 0. The van der Waals surface area contributed by atoms with Gasteiger partial charge in [-0.25, -0.2) is 4.39 Å². The smallest absolute Gasteiger partial charge is 0.123 e. The molecule has 0 saturated carbocycles. The molecule has 1 nitrogen and oxygen atoms in total. The van der Waals surface area contributed by atoms with E-state index in [1.807, 2.05) is 0 Å². The Morgan fingerprint density at radius 3 is 2.80 bits per heavy atom. The molecule has 0 amide bonds. The Morgan fingerprint density at radius 2 is 1.95 bits per heavy atom. The molecule has 0 spiro atoms. The van der Waals surface area contributed by atoms with E-state index in [2.05, 4.69) is 6.07 Å². The lowest BCUT2D eigenvalue weighted by atomic mass is 10.1. The van der Waals surface area contributed by atoms with Gasteiger partial charge in [0, 0.05) is 20.3 Å². The minimum absolute atomic E-state index is 0.374. The number of rotatable bonds is 2. The third kappa shape index (κ3) is 2.76. The molecule has 0 saturated heterocycles. The van der Waals surface area contributed by atoms with E-state index in [0.29, 0.717) is 10.6 Å². The number of aliphatic hydroxyl groups excluding tert-OH is 1. The fourth-order valence-corrected chi connectivity index (χ4v) is 4.19. The summed E-state index contributed by atoms with van der Waals surface area (Å²) in [5.74, 6) is -0.374. The van der Waals surface area contributed by atoms with Crippen molar-refractivity contribution in [3.8, 4) is 0 Å². The van der Waals surface area contributed by atoms with Gasteiger partial charge in [-0.3, -0.25) is 0 Å². The first-order chi connectivity index (χ1) is 9.65. The van der Waals surface area contributed by atoms with E-state index in [1.54, 1.807) is 11.3 Å². The number of aliphatic hydroxyl groups is 1. The van der Waals surface area contributed by atoms with Gasteiger partial charge in [-0.2, -0.15) is 0 Å². The summed E-state index contributed by atoms with van der Waals surface area (Å²) in [6, 6.07) is 6.19. The van der Waals surface area contributed by atoms with Gasteiger partial charge in [-0.05, 0) is 55.5 Å². The molecule has 0 radical (unpaired) electrons. The highest BCUT2D eigenvalue weighted by atomic mass is 35.5. The number of thiophene rings is 1. The molecule has 2 aromatic rings. The number of aryl methyl sites for hydroxylation is 2. The third-order valence-electron chi connectivity index (χ3n) is 3.79. The lowest BCUT2D eigenvalue weighted by Crippen LogP contribution is -1.99. The zero-order valence-corrected chi connectivity index (χ0v) is 12.6. The van der Waals surface area contributed by atoms with Gasteiger partial charge in [0.1, 0.15) is 11.9 Å². The van der Waals surface area contributed by atoms with Crippen molar-refractivity contribution in [2.24, 2.45) is 0 Å². The Labute approximate surface area is 127 Å². The first-order valence-electron chi connectivity index (χ1n) is 6.89. The SMILES string of the molecule is OC(c1cc2c(s1)CCCCC2)c1cc(F)ccc1Cl. The van der Waals surface area contributed by atoms with Gasteiger partial charge in [0.15, 0.2) is 0 Å². The van der Waals surface area contributed by atoms with Crippen molar-refractivity contribution in [1.82, 2.24) is 0 Å². The monoisotopic (exact) mass is 310 g/mol. The van der Waals surface area contributed by atoms with E-state index >= 15 is 0 Å². The van der Waals surface area contributed by atoms with Crippen LogP contribution in [0.4, 0.5) is 4.39 Å². The molecule has 1 aliphatic rings. The third-order valence-corrected chi connectivity index (χ3v) is 5.42. The van der Waals surface area contributed by atoms with Crippen molar-refractivity contribution in [3.63, 3.8) is 0 Å². The second kappa shape index (κ2) is 5.84. The largest absolute Gasteiger partial charge is 0.383 e. The van der Waals surface area contributed by atoms with Gasteiger partial charge in [0.2, 0.25) is 0 Å². The number of hydrogen-bond acceptors (Lipinski definition) is 2. The van der Waals surface area contributed by atoms with Crippen LogP contribution < -0.4 is 0 Å². The summed E-state index contributed by atoms with van der Waals surface area (Å²) in [6.07, 6.45) is 5.02. The van der Waals surface area contributed by atoms with E-state index in [-0.39, 0.29) is 5.82 Å². The molecule has 1 atom stereocenters. The van der Waals surface area contributed by atoms with Crippen LogP contribution in [-0.2, 0) is 12.8 Å². The number of hydrogen-bond donors (Lipinski definition) is 1. The maximum Gasteiger partial charge on any atom is 0.123 e. The highest BCUT2D eigenvalue weighted by molar-refractivity contribution is 7.12. The van der Waals surface area contributed by atoms with Crippen LogP contribution >= 0.6 is 22.9 Å². The Kier molecular flexibility index (Phi) is 4.11. The molecular formula is C16H16ClFOS. The Bertz CT molecular complexity index is 599. The van der Waals surface area contributed by atoms with Crippen LogP contribution in [-0.4, -0.2) is 5.11 Å². The van der Waals surface area contributed by atoms with Crippen LogP contribution in [0.3, 0.4) is 0 Å². The molecule has 1 N–H and O–H groups in total. The Balaban J connectivity index is 1.94. The van der Waals surface area contributed by atoms with Crippen LogP contribution in [0.1, 0.15) is 46.2 Å². The molecule has 1 aromatic carbocycles. The van der Waals surface area contributed by atoms with Crippen LogP contribution in [0, 0.1) is 5.82 Å². The molecular weight excluding hydrogens is 295 g/mol. The number of halogens is 2. The molecule has 1 aromatic heterocycles. The summed E-state index contributed by atoms with van der Waals surface area (Å²) in [4.78, 5) is 2.23. The Hall–Kier alpha value is -0.900. The van der Waals surface area contributed by atoms with Crippen LogP contribution in [0.2, 0.25) is 5.02 Å². The first kappa shape index (κ1) is 14.1. The Morgan fingerprint density at radius 1 is 1.15 bits per heavy atom. The lowest BCUT2D eigenvalue weighted by Gasteiger charge is -2.11. The van der Waals surface area contributed by atoms with E-state index in [1.165, 1.54) is 47.9 Å². The average molecular weight is 311 g/mol. The summed E-state index contributed by atoms with van der Waals surface area (Å²) >= 11 is 7.71. The molecule has 1 aliphatic carbocycles. The molecule has 20 heavy (non-hydrogen) atoms. The van der Waals surface area contributed by atoms with Crippen LogP contribution in [0.15, 0.2) is 24.3 Å². The molecule has 0 aliphatic heterocycles. The van der Waals surface area contributed by atoms with Gasteiger partial charge in [0.25, 0.3) is 0 Å². The minimum Gasteiger partial charge on any atom is -0.383 e. The highest BCUT2D eigenvalue weighted by Crippen LogP contribution is 2.36. The molecule has 3 rings (SSSR count). The lowest BCUT2D eigenvalue weighted by molar-refractivity contribution is 0.223. The van der Waals surface area contributed by atoms with Crippen LogP contribution in [0.5, 0.6) is 0 Å². The van der Waals surface area contributed by atoms with Crippen molar-refractivity contribution >= 4 is 22.9 Å². The van der Waals surface area contributed by atoms with Gasteiger partial charge >= 0.3 is 0 Å². The predicted molar refractivity (Wildman–Crippen MR) is 81.0 cm³/mol. The normalized spacial score (nSPS) is 16.6. The van der Waals surface area contributed by atoms with E-state index < -0.39 is 6.10 Å². The maximum atomic E-state index is 13.3. The van der Waals surface area contributed by atoms with Crippen molar-refractivity contribution in [2.75, 3.05) is 0 Å².